The first-order valence-electron chi connectivity index (χ1n) is 8.53. The summed E-state index contributed by atoms with van der Waals surface area (Å²) >= 11 is 0. The highest BCUT2D eigenvalue weighted by Gasteiger charge is 2.20. The van der Waals surface area contributed by atoms with Crippen molar-refractivity contribution in [1.82, 2.24) is 24.7 Å². The number of nitrogens with one attached hydrogen (secondary N) is 1. The van der Waals surface area contributed by atoms with Gasteiger partial charge in [-0.15, -0.1) is 10.2 Å². The summed E-state index contributed by atoms with van der Waals surface area (Å²) in [5, 5.41) is 9.46. The van der Waals surface area contributed by atoms with Crippen molar-refractivity contribution in [2.24, 2.45) is 7.05 Å². The number of rotatable bonds is 2. The summed E-state index contributed by atoms with van der Waals surface area (Å²) in [5.74, 6) is -0.722. The topological polar surface area (TPSA) is 85.4 Å². The van der Waals surface area contributed by atoms with Crippen LogP contribution in [0.1, 0.15) is 0 Å². The van der Waals surface area contributed by atoms with Gasteiger partial charge in [-0.25, -0.2) is 13.8 Å². The third kappa shape index (κ3) is 2.42. The van der Waals surface area contributed by atoms with E-state index in [0.717, 1.165) is 11.0 Å². The van der Waals surface area contributed by atoms with Crippen LogP contribution in [-0.4, -0.2) is 24.7 Å². The fourth-order valence-corrected chi connectivity index (χ4v) is 3.55. The van der Waals surface area contributed by atoms with Crippen molar-refractivity contribution in [3.63, 3.8) is 0 Å². The fourth-order valence-electron chi connectivity index (χ4n) is 3.55. The number of nitrogen functional groups attached to an aromatic ring is 1. The minimum absolute atomic E-state index is 0.00378. The van der Waals surface area contributed by atoms with Gasteiger partial charge in [0.15, 0.2) is 0 Å². The van der Waals surface area contributed by atoms with Crippen molar-refractivity contribution < 1.29 is 8.78 Å². The van der Waals surface area contributed by atoms with E-state index in [2.05, 4.69) is 20.2 Å². The van der Waals surface area contributed by atoms with Gasteiger partial charge in [0.2, 0.25) is 5.95 Å². The van der Waals surface area contributed by atoms with Gasteiger partial charge >= 0.3 is 0 Å². The van der Waals surface area contributed by atoms with E-state index < -0.39 is 0 Å². The number of aryl methyl sites for hydroxylation is 1. The van der Waals surface area contributed by atoms with E-state index in [0.29, 0.717) is 33.3 Å². The third-order valence-electron chi connectivity index (χ3n) is 4.81. The first-order chi connectivity index (χ1) is 13.5. The largest absolute Gasteiger partial charge is 0.366 e. The Kier molecular flexibility index (Phi) is 3.42. The number of fused-ring (bicyclic) bond motifs is 2. The number of nitrogens with zero attached hydrogens (tertiary/aromatic N) is 4. The molecule has 5 aromatic rings. The zero-order valence-electron chi connectivity index (χ0n) is 14.7. The molecule has 5 rings (SSSR count). The van der Waals surface area contributed by atoms with Crippen molar-refractivity contribution >= 4 is 27.8 Å². The summed E-state index contributed by atoms with van der Waals surface area (Å²) in [5.41, 5.74) is 9.57. The van der Waals surface area contributed by atoms with Crippen LogP contribution in [0.3, 0.4) is 0 Å². The van der Waals surface area contributed by atoms with Gasteiger partial charge in [-0.05, 0) is 36.4 Å². The normalized spacial score (nSPS) is 11.5. The molecular formula is C20H14F2N6. The Morgan fingerprint density at radius 2 is 1.68 bits per heavy atom. The molecule has 3 N–H and O–H groups in total. The number of aromatic amines is 1. The molecule has 0 saturated carbocycles. The third-order valence-corrected chi connectivity index (χ3v) is 4.81. The second-order valence-electron chi connectivity index (χ2n) is 6.57. The predicted molar refractivity (Wildman–Crippen MR) is 103 cm³/mol. The molecule has 138 valence electrons. The second-order valence-corrected chi connectivity index (χ2v) is 6.57. The number of hydrogen-bond acceptors (Lipinski definition) is 4. The first kappa shape index (κ1) is 16.4. The zero-order chi connectivity index (χ0) is 19.4. The standard InChI is InChI=1S/C20H14F2N6/c1-28-9-15(13-7-11(22)3-5-17(13)28)19-18(25-20(23)27-26-19)14-8-24-16-4-2-10(21)6-12(14)16/h2-9,24H,1H3,(H2,23,25,27). The number of aromatic nitrogens is 5. The van der Waals surface area contributed by atoms with Gasteiger partial charge in [0.25, 0.3) is 0 Å². The van der Waals surface area contributed by atoms with Gasteiger partial charge in [0.05, 0.1) is 0 Å². The van der Waals surface area contributed by atoms with Crippen LogP contribution in [0.2, 0.25) is 0 Å². The lowest BCUT2D eigenvalue weighted by molar-refractivity contribution is 0.629. The quantitative estimate of drug-likeness (QED) is 0.487. The van der Waals surface area contributed by atoms with E-state index in [9.17, 15) is 8.78 Å². The smallest absolute Gasteiger partial charge is 0.240 e. The summed E-state index contributed by atoms with van der Waals surface area (Å²) in [4.78, 5) is 7.47. The van der Waals surface area contributed by atoms with E-state index in [-0.39, 0.29) is 17.6 Å². The molecule has 8 heteroatoms. The molecule has 0 aliphatic carbocycles. The Balaban J connectivity index is 1.84. The maximum atomic E-state index is 13.9. The predicted octanol–water partition coefficient (Wildman–Crippen LogP) is 4.04. The average Bonchev–Trinajstić information content (AvgIpc) is 3.22. The molecule has 0 fully saturated rings. The Bertz CT molecular complexity index is 1370. The molecule has 3 aromatic heterocycles. The van der Waals surface area contributed by atoms with Gasteiger partial charge in [-0.1, -0.05) is 0 Å². The fraction of sp³-hybridized carbons (Fsp3) is 0.0500. The van der Waals surface area contributed by atoms with Crippen molar-refractivity contribution in [3.8, 4) is 22.5 Å². The van der Waals surface area contributed by atoms with E-state index in [4.69, 9.17) is 5.73 Å². The van der Waals surface area contributed by atoms with Crippen LogP contribution in [0.5, 0.6) is 0 Å². The van der Waals surface area contributed by atoms with Crippen LogP contribution in [0.15, 0.2) is 48.8 Å². The Morgan fingerprint density at radius 3 is 2.50 bits per heavy atom. The summed E-state index contributed by atoms with van der Waals surface area (Å²) in [6, 6.07) is 9.01. The number of nitrogens with two attached hydrogens (primary N) is 1. The number of hydrogen-bond donors (Lipinski definition) is 2. The van der Waals surface area contributed by atoms with Crippen LogP contribution in [0, 0.1) is 11.6 Å². The lowest BCUT2D eigenvalue weighted by Gasteiger charge is -2.07. The van der Waals surface area contributed by atoms with Gasteiger partial charge in [-0.2, -0.15) is 0 Å². The molecular weight excluding hydrogens is 362 g/mol. The minimum atomic E-state index is -0.364. The lowest BCUT2D eigenvalue weighted by Crippen LogP contribution is -2.02. The molecule has 0 atom stereocenters. The van der Waals surface area contributed by atoms with Crippen molar-refractivity contribution in [1.29, 1.82) is 0 Å². The van der Waals surface area contributed by atoms with E-state index in [1.807, 2.05) is 17.8 Å². The van der Waals surface area contributed by atoms with Crippen molar-refractivity contribution in [2.75, 3.05) is 5.73 Å². The van der Waals surface area contributed by atoms with Crippen LogP contribution < -0.4 is 5.73 Å². The molecule has 6 nitrogen and oxygen atoms in total. The summed E-state index contributed by atoms with van der Waals surface area (Å²) in [6.07, 6.45) is 3.56. The van der Waals surface area contributed by atoms with E-state index in [1.165, 1.54) is 24.3 Å². The maximum absolute atomic E-state index is 13.9. The Labute approximate surface area is 157 Å². The zero-order valence-corrected chi connectivity index (χ0v) is 14.7. The average molecular weight is 376 g/mol. The van der Waals surface area contributed by atoms with Crippen LogP contribution >= 0.6 is 0 Å². The Morgan fingerprint density at radius 1 is 0.929 bits per heavy atom. The highest BCUT2D eigenvalue weighted by Crippen LogP contribution is 2.37. The highest BCUT2D eigenvalue weighted by molar-refractivity contribution is 6.02. The maximum Gasteiger partial charge on any atom is 0.240 e. The van der Waals surface area contributed by atoms with Crippen LogP contribution in [0.25, 0.3) is 44.3 Å². The van der Waals surface area contributed by atoms with Crippen LogP contribution in [0.4, 0.5) is 14.7 Å². The number of H-pyrrole nitrogens is 1. The van der Waals surface area contributed by atoms with Crippen molar-refractivity contribution in [3.05, 3.63) is 60.4 Å². The van der Waals surface area contributed by atoms with Gasteiger partial charge < -0.3 is 15.3 Å². The molecule has 2 aromatic carbocycles. The molecule has 28 heavy (non-hydrogen) atoms. The minimum Gasteiger partial charge on any atom is -0.366 e. The molecule has 0 saturated heterocycles. The van der Waals surface area contributed by atoms with E-state index in [1.54, 1.807) is 18.3 Å². The molecule has 0 aliphatic heterocycles. The molecule has 0 spiro atoms. The molecule has 0 bridgehead atoms. The van der Waals surface area contributed by atoms with Crippen molar-refractivity contribution in [2.45, 2.75) is 0 Å². The summed E-state index contributed by atoms with van der Waals surface area (Å²) in [6.45, 7) is 0. The molecule has 0 amide bonds. The van der Waals surface area contributed by atoms with Crippen LogP contribution in [-0.2, 0) is 7.05 Å². The summed E-state index contributed by atoms with van der Waals surface area (Å²) < 4.78 is 29.6. The molecule has 0 unspecified atom stereocenters. The van der Waals surface area contributed by atoms with Gasteiger partial charge in [-0.3, -0.25) is 0 Å². The van der Waals surface area contributed by atoms with Gasteiger partial charge in [0.1, 0.15) is 23.0 Å². The molecule has 3 heterocycles. The highest BCUT2D eigenvalue weighted by atomic mass is 19.1. The molecule has 0 radical (unpaired) electrons. The molecule has 0 aliphatic rings. The SMILES string of the molecule is Cn1cc(-c2nnc(N)nc2-c2c[nH]c3ccc(F)cc23)c2cc(F)ccc21. The second kappa shape index (κ2) is 5.85. The first-order valence-corrected chi connectivity index (χ1v) is 8.53. The monoisotopic (exact) mass is 376 g/mol. The Hall–Kier alpha value is -3.81. The number of halogens is 2. The number of anilines is 1. The summed E-state index contributed by atoms with van der Waals surface area (Å²) in [7, 11) is 1.86. The van der Waals surface area contributed by atoms with E-state index >= 15 is 0 Å². The number of benzene rings is 2. The van der Waals surface area contributed by atoms with Gasteiger partial charge in [0, 0.05) is 52.4 Å². The lowest BCUT2D eigenvalue weighted by atomic mass is 10.0.